The number of aromatic nitrogens is 1. The van der Waals surface area contributed by atoms with Crippen molar-refractivity contribution >= 4 is 38.5 Å². The molecule has 0 aliphatic heterocycles. The number of rotatable bonds is 1. The first-order valence-electron chi connectivity index (χ1n) is 4.33. The summed E-state index contributed by atoms with van der Waals surface area (Å²) in [5.74, 6) is 0. The summed E-state index contributed by atoms with van der Waals surface area (Å²) < 4.78 is 3.56. The second-order valence-electron chi connectivity index (χ2n) is 3.49. The highest BCUT2D eigenvalue weighted by molar-refractivity contribution is 14.1. The Morgan fingerprint density at radius 3 is 2.79 bits per heavy atom. The van der Waals surface area contributed by atoms with E-state index in [1.54, 1.807) is 10.6 Å². The molecule has 1 aromatic heterocycles. The molecule has 1 fully saturated rings. The number of pyridine rings is 1. The van der Waals surface area contributed by atoms with Gasteiger partial charge in [-0.2, -0.15) is 0 Å². The van der Waals surface area contributed by atoms with Crippen LogP contribution in [-0.2, 0) is 0 Å². The molecule has 0 unspecified atom stereocenters. The van der Waals surface area contributed by atoms with Crippen LogP contribution in [0, 0.1) is 3.57 Å². The minimum atomic E-state index is -0.229. The number of aliphatic hydroxyl groups is 1. The highest BCUT2D eigenvalue weighted by Gasteiger charge is 2.29. The molecule has 1 aliphatic carbocycles. The summed E-state index contributed by atoms with van der Waals surface area (Å²) in [6, 6.07) is 1.76. The molecule has 1 aromatic rings. The van der Waals surface area contributed by atoms with Crippen molar-refractivity contribution in [1.82, 2.24) is 4.57 Å². The third-order valence-electron chi connectivity index (χ3n) is 2.47. The quantitative estimate of drug-likeness (QED) is 0.768. The van der Waals surface area contributed by atoms with Gasteiger partial charge in [0.1, 0.15) is 0 Å². The van der Waals surface area contributed by atoms with Crippen molar-refractivity contribution in [3.05, 3.63) is 30.7 Å². The van der Waals surface area contributed by atoms with Crippen LogP contribution in [0.15, 0.2) is 21.5 Å². The van der Waals surface area contributed by atoms with Crippen molar-refractivity contribution in [1.29, 1.82) is 0 Å². The number of hydrogen-bond donors (Lipinski definition) is 1. The Morgan fingerprint density at radius 2 is 2.21 bits per heavy atom. The van der Waals surface area contributed by atoms with E-state index in [0.29, 0.717) is 12.8 Å². The molecule has 3 nitrogen and oxygen atoms in total. The lowest BCUT2D eigenvalue weighted by atomic mass is 9.89. The van der Waals surface area contributed by atoms with E-state index in [2.05, 4.69) is 38.5 Å². The normalized spacial score (nSPS) is 25.9. The fourth-order valence-corrected chi connectivity index (χ4v) is 2.32. The zero-order chi connectivity index (χ0) is 10.3. The van der Waals surface area contributed by atoms with Gasteiger partial charge in [-0.15, -0.1) is 0 Å². The van der Waals surface area contributed by atoms with Crippen molar-refractivity contribution in [2.24, 2.45) is 0 Å². The van der Waals surface area contributed by atoms with Crippen LogP contribution in [0.2, 0.25) is 0 Å². The molecule has 0 atom stereocenters. The predicted octanol–water partition coefficient (Wildman–Crippen LogP) is 1.91. The molecule has 0 aromatic carbocycles. The van der Waals surface area contributed by atoms with E-state index in [9.17, 15) is 4.79 Å². The van der Waals surface area contributed by atoms with E-state index in [-0.39, 0.29) is 17.7 Å². The molecular weight excluding hydrogens is 361 g/mol. The maximum absolute atomic E-state index is 11.6. The van der Waals surface area contributed by atoms with Gasteiger partial charge in [0.05, 0.1) is 6.10 Å². The van der Waals surface area contributed by atoms with Crippen molar-refractivity contribution in [3.8, 4) is 0 Å². The van der Waals surface area contributed by atoms with Crippen LogP contribution in [0.4, 0.5) is 0 Å². The van der Waals surface area contributed by atoms with Gasteiger partial charge in [-0.1, -0.05) is 0 Å². The molecule has 0 radical (unpaired) electrons. The Kier molecular flexibility index (Phi) is 2.99. The number of nitrogens with zero attached hydrogens (tertiary/aromatic N) is 1. The summed E-state index contributed by atoms with van der Waals surface area (Å²) in [5.41, 5.74) is -0.00538. The van der Waals surface area contributed by atoms with Crippen LogP contribution < -0.4 is 5.56 Å². The van der Waals surface area contributed by atoms with Crippen LogP contribution >= 0.6 is 38.5 Å². The monoisotopic (exact) mass is 369 g/mol. The molecule has 0 bridgehead atoms. The molecule has 0 spiro atoms. The van der Waals surface area contributed by atoms with E-state index >= 15 is 0 Å². The molecule has 0 saturated heterocycles. The van der Waals surface area contributed by atoms with Crippen molar-refractivity contribution < 1.29 is 5.11 Å². The van der Waals surface area contributed by atoms with Crippen LogP contribution in [0.5, 0.6) is 0 Å². The largest absolute Gasteiger partial charge is 0.393 e. The highest BCUT2D eigenvalue weighted by Crippen LogP contribution is 2.31. The lowest BCUT2D eigenvalue weighted by Gasteiger charge is -2.32. The van der Waals surface area contributed by atoms with E-state index in [1.165, 1.54) is 0 Å². The van der Waals surface area contributed by atoms with E-state index in [1.807, 2.05) is 6.20 Å². The lowest BCUT2D eigenvalue weighted by Crippen LogP contribution is -2.36. The summed E-state index contributed by atoms with van der Waals surface area (Å²) in [4.78, 5) is 11.6. The summed E-state index contributed by atoms with van der Waals surface area (Å²) in [6.07, 6.45) is 2.99. The highest BCUT2D eigenvalue weighted by atomic mass is 127. The third-order valence-corrected chi connectivity index (χ3v) is 4.72. The topological polar surface area (TPSA) is 42.2 Å². The van der Waals surface area contributed by atoms with Gasteiger partial charge in [-0.25, -0.2) is 0 Å². The molecule has 14 heavy (non-hydrogen) atoms. The standard InChI is InChI=1S/C9H9BrINO2/c10-7-3-9(14)12(4-8(7)11)5-1-6(13)2-5/h3-6,13H,1-2H2. The maximum Gasteiger partial charge on any atom is 0.251 e. The third kappa shape index (κ3) is 1.90. The summed E-state index contributed by atoms with van der Waals surface area (Å²) >= 11 is 5.49. The molecule has 2 rings (SSSR count). The van der Waals surface area contributed by atoms with Crippen molar-refractivity contribution in [3.63, 3.8) is 0 Å². The van der Waals surface area contributed by atoms with Crippen LogP contribution in [0.25, 0.3) is 0 Å². The van der Waals surface area contributed by atoms with Crippen molar-refractivity contribution in [2.75, 3.05) is 0 Å². The average molecular weight is 370 g/mol. The van der Waals surface area contributed by atoms with Gasteiger partial charge in [0.15, 0.2) is 0 Å². The molecule has 76 valence electrons. The van der Waals surface area contributed by atoms with Crippen molar-refractivity contribution in [2.45, 2.75) is 25.0 Å². The average Bonchev–Trinajstić information content (AvgIpc) is 2.07. The Morgan fingerprint density at radius 1 is 1.57 bits per heavy atom. The molecule has 1 saturated carbocycles. The molecule has 5 heteroatoms. The lowest BCUT2D eigenvalue weighted by molar-refractivity contribution is 0.0470. The molecule has 1 aliphatic rings. The minimum absolute atomic E-state index is 0.00538. The maximum atomic E-state index is 11.6. The first-order chi connectivity index (χ1) is 6.58. The number of hydrogen-bond acceptors (Lipinski definition) is 2. The van der Waals surface area contributed by atoms with Gasteiger partial charge >= 0.3 is 0 Å². The van der Waals surface area contributed by atoms with Gasteiger partial charge in [-0.3, -0.25) is 4.79 Å². The molecule has 0 amide bonds. The van der Waals surface area contributed by atoms with E-state index in [4.69, 9.17) is 5.11 Å². The molecule has 1 N–H and O–H groups in total. The zero-order valence-corrected chi connectivity index (χ0v) is 11.0. The van der Waals surface area contributed by atoms with Crippen LogP contribution in [0.1, 0.15) is 18.9 Å². The summed E-state index contributed by atoms with van der Waals surface area (Å²) in [7, 11) is 0. The fourth-order valence-electron chi connectivity index (χ4n) is 1.57. The second kappa shape index (κ2) is 3.94. The Hall–Kier alpha value is 0.120. The second-order valence-corrected chi connectivity index (χ2v) is 5.51. The van der Waals surface area contributed by atoms with Gasteiger partial charge < -0.3 is 9.67 Å². The minimum Gasteiger partial charge on any atom is -0.393 e. The Bertz CT molecular complexity index is 412. The van der Waals surface area contributed by atoms with Gasteiger partial charge in [0.25, 0.3) is 5.56 Å². The number of halogens is 2. The summed E-state index contributed by atoms with van der Waals surface area (Å²) in [6.45, 7) is 0. The van der Waals surface area contributed by atoms with E-state index < -0.39 is 0 Å². The predicted molar refractivity (Wildman–Crippen MR) is 65.4 cm³/mol. The van der Waals surface area contributed by atoms with Crippen LogP contribution in [-0.4, -0.2) is 15.8 Å². The zero-order valence-electron chi connectivity index (χ0n) is 7.28. The van der Waals surface area contributed by atoms with Gasteiger partial charge in [-0.05, 0) is 51.4 Å². The smallest absolute Gasteiger partial charge is 0.251 e. The van der Waals surface area contributed by atoms with Gasteiger partial charge in [0, 0.05) is 26.3 Å². The molecular formula is C9H9BrINO2. The Balaban J connectivity index is 2.35. The fraction of sp³-hybridized carbons (Fsp3) is 0.444. The SMILES string of the molecule is O=c1cc(Br)c(I)cn1C1CC(O)C1. The summed E-state index contributed by atoms with van der Waals surface area (Å²) in [5, 5.41) is 9.17. The first-order valence-corrected chi connectivity index (χ1v) is 6.20. The number of aliphatic hydroxyl groups excluding tert-OH is 1. The van der Waals surface area contributed by atoms with E-state index in [0.717, 1.165) is 8.04 Å². The van der Waals surface area contributed by atoms with Crippen LogP contribution in [0.3, 0.4) is 0 Å². The van der Waals surface area contributed by atoms with Gasteiger partial charge in [0.2, 0.25) is 0 Å². The first kappa shape index (κ1) is 10.6. The Labute approximate surface area is 103 Å². The molecule has 1 heterocycles.